The first-order valence-corrected chi connectivity index (χ1v) is 19.2. The van der Waals surface area contributed by atoms with Gasteiger partial charge in [-0.2, -0.15) is 17.7 Å². The van der Waals surface area contributed by atoms with Gasteiger partial charge in [-0.3, -0.25) is 24.0 Å². The predicted octanol–water partition coefficient (Wildman–Crippen LogP) is 1.52. The molecule has 15 nitrogen and oxygen atoms in total. The van der Waals surface area contributed by atoms with Crippen molar-refractivity contribution in [1.29, 1.82) is 0 Å². The highest BCUT2D eigenvalue weighted by atomic mass is 32.2. The van der Waals surface area contributed by atoms with Crippen LogP contribution in [0.15, 0.2) is 59.5 Å². The van der Waals surface area contributed by atoms with Gasteiger partial charge in [-0.15, -0.1) is 0 Å². The largest absolute Gasteiger partial charge is 0.351 e. The highest BCUT2D eigenvalue weighted by molar-refractivity contribution is 7.89. The maximum absolute atomic E-state index is 13.0. The van der Waals surface area contributed by atoms with Gasteiger partial charge < -0.3 is 27.0 Å². The summed E-state index contributed by atoms with van der Waals surface area (Å²) in [5.41, 5.74) is 9.41. The second-order valence-corrected chi connectivity index (χ2v) is 14.2. The third kappa shape index (κ3) is 14.2. The summed E-state index contributed by atoms with van der Waals surface area (Å²) in [5, 5.41) is 19.8. The summed E-state index contributed by atoms with van der Waals surface area (Å²) in [6.45, 7) is 1.65. The van der Waals surface area contributed by atoms with Gasteiger partial charge in [0.1, 0.15) is 0 Å². The molecular weight excluding hydrogens is 709 g/mol. The fraction of sp³-hybridized carbons (Fsp3) is 0.429. The molecule has 1 aromatic heterocycles. The number of carbonyl (C=O) groups is 5. The zero-order valence-corrected chi connectivity index (χ0v) is 30.9. The Morgan fingerprint density at radius 3 is 1.92 bits per heavy atom. The number of unbranched alkanes of at least 4 members (excludes halogenated alkanes) is 6. The van der Waals surface area contributed by atoms with E-state index in [1.54, 1.807) is 22.9 Å². The monoisotopic (exact) mass is 756 g/mol. The fourth-order valence-electron chi connectivity index (χ4n) is 5.08. The van der Waals surface area contributed by atoms with Gasteiger partial charge in [-0.05, 0) is 50.1 Å². The number of aryl methyl sites for hydroxylation is 1. The standard InChI is InChI=1S/C35H48N8O7S2/c1-24-10-12-25(13-11-24)30-19-29(42-43(30)26-14-16-27(17-15-26)52(37,49)50)35(48)38-18-8-6-4-2-3-5-7-9-28(36)31(44)20-39-32(45)21-40-33(46)22-41-34(47)23-51/h10-17,19,28,51H,2-9,18,20-23,36H2,1H3,(H,38,48)(H,39,45)(H,40,46)(H,41,47)(H2,37,49,50). The van der Waals surface area contributed by atoms with Gasteiger partial charge >= 0.3 is 0 Å². The Morgan fingerprint density at radius 1 is 0.769 bits per heavy atom. The number of hydrogen-bond donors (Lipinski definition) is 7. The molecule has 52 heavy (non-hydrogen) atoms. The number of rotatable bonds is 22. The second kappa shape index (κ2) is 21.1. The molecule has 3 rings (SSSR count). The molecule has 0 radical (unpaired) electrons. The number of sulfonamides is 1. The summed E-state index contributed by atoms with van der Waals surface area (Å²) in [5.74, 6) is -2.13. The molecular formula is C35H48N8O7S2. The minimum atomic E-state index is -3.85. The molecule has 0 fully saturated rings. The van der Waals surface area contributed by atoms with E-state index in [9.17, 15) is 32.4 Å². The SMILES string of the molecule is Cc1ccc(-c2cc(C(=O)NCCCCCCCCCC(N)C(=O)CNC(=O)CNC(=O)CNC(=O)CS)nn2-c2ccc(S(N)(=O)=O)cc2)cc1. The summed E-state index contributed by atoms with van der Waals surface area (Å²) < 4.78 is 25.0. The Balaban J connectivity index is 1.32. The third-order valence-corrected chi connectivity index (χ3v) is 9.30. The first kappa shape index (κ1) is 41.8. The summed E-state index contributed by atoms with van der Waals surface area (Å²) in [7, 11) is -3.85. The molecule has 0 saturated carbocycles. The number of nitrogens with one attached hydrogen (secondary N) is 4. The lowest BCUT2D eigenvalue weighted by molar-refractivity contribution is -0.128. The van der Waals surface area contributed by atoms with Crippen LogP contribution in [0.5, 0.6) is 0 Å². The Kier molecular flexibility index (Phi) is 17.0. The Morgan fingerprint density at radius 2 is 1.33 bits per heavy atom. The predicted molar refractivity (Wildman–Crippen MR) is 200 cm³/mol. The van der Waals surface area contributed by atoms with Crippen molar-refractivity contribution in [2.24, 2.45) is 10.9 Å². The summed E-state index contributed by atoms with van der Waals surface area (Å²) >= 11 is 3.78. The van der Waals surface area contributed by atoms with Crippen LogP contribution in [0.1, 0.15) is 67.4 Å². The molecule has 0 bridgehead atoms. The van der Waals surface area contributed by atoms with Gasteiger partial charge in [0.15, 0.2) is 11.5 Å². The lowest BCUT2D eigenvalue weighted by Gasteiger charge is -2.12. The van der Waals surface area contributed by atoms with Crippen molar-refractivity contribution < 1.29 is 32.4 Å². The first-order valence-electron chi connectivity index (χ1n) is 17.1. The van der Waals surface area contributed by atoms with Gasteiger partial charge in [-0.1, -0.05) is 68.4 Å². The highest BCUT2D eigenvalue weighted by Gasteiger charge is 2.18. The third-order valence-electron chi connectivity index (χ3n) is 8.09. The molecule has 1 heterocycles. The summed E-state index contributed by atoms with van der Waals surface area (Å²) in [6.07, 6.45) is 6.91. The number of Topliss-reactive ketones (excluding diaryl/α,β-unsaturated/α-hetero) is 1. The van der Waals surface area contributed by atoms with Crippen molar-refractivity contribution in [3.05, 3.63) is 65.9 Å². The maximum Gasteiger partial charge on any atom is 0.271 e. The molecule has 282 valence electrons. The normalized spacial score (nSPS) is 11.8. The maximum atomic E-state index is 13.0. The van der Waals surface area contributed by atoms with E-state index in [-0.39, 0.29) is 47.7 Å². The molecule has 0 aliphatic heterocycles. The van der Waals surface area contributed by atoms with Crippen molar-refractivity contribution in [2.75, 3.05) is 31.9 Å². The van der Waals surface area contributed by atoms with Crippen LogP contribution in [0, 0.1) is 6.92 Å². The Bertz CT molecular complexity index is 1780. The van der Waals surface area contributed by atoms with Crippen molar-refractivity contribution in [3.63, 3.8) is 0 Å². The van der Waals surface area contributed by atoms with Gasteiger partial charge in [-0.25, -0.2) is 18.2 Å². The molecule has 3 aromatic rings. The lowest BCUT2D eigenvalue weighted by Crippen LogP contribution is -2.45. The topological polar surface area (TPSA) is 237 Å². The second-order valence-electron chi connectivity index (χ2n) is 12.3. The van der Waals surface area contributed by atoms with Crippen LogP contribution in [0.4, 0.5) is 0 Å². The van der Waals surface area contributed by atoms with Gasteiger partial charge in [0.25, 0.3) is 5.91 Å². The average molecular weight is 757 g/mol. The van der Waals surface area contributed by atoms with Crippen LogP contribution in [-0.4, -0.2) is 85.6 Å². The average Bonchev–Trinajstić information content (AvgIpc) is 3.58. The number of hydrogen-bond acceptors (Lipinski definition) is 10. The molecule has 2 aromatic carbocycles. The van der Waals surface area contributed by atoms with Crippen LogP contribution in [0.3, 0.4) is 0 Å². The van der Waals surface area contributed by atoms with Gasteiger partial charge in [0.05, 0.1) is 47.7 Å². The van der Waals surface area contributed by atoms with Crippen molar-refractivity contribution in [3.8, 4) is 16.9 Å². The van der Waals surface area contributed by atoms with Crippen LogP contribution < -0.4 is 32.1 Å². The number of primary sulfonamides is 1. The number of carbonyl (C=O) groups excluding carboxylic acids is 5. The number of thiol groups is 1. The molecule has 0 aliphatic carbocycles. The highest BCUT2D eigenvalue weighted by Crippen LogP contribution is 2.25. The Labute approximate surface area is 309 Å². The molecule has 4 amide bonds. The fourth-order valence-corrected chi connectivity index (χ4v) is 5.71. The van der Waals surface area contributed by atoms with Gasteiger partial charge in [0, 0.05) is 12.1 Å². The number of nitrogens with zero attached hydrogens (tertiary/aromatic N) is 2. The zero-order valence-electron chi connectivity index (χ0n) is 29.2. The van der Waals surface area contributed by atoms with Crippen molar-refractivity contribution in [2.45, 2.75) is 69.2 Å². The van der Waals surface area contributed by atoms with Gasteiger partial charge in [0.2, 0.25) is 27.7 Å². The summed E-state index contributed by atoms with van der Waals surface area (Å²) in [4.78, 5) is 59.9. The van der Waals surface area contributed by atoms with E-state index >= 15 is 0 Å². The molecule has 8 N–H and O–H groups in total. The van der Waals surface area contributed by atoms with Crippen molar-refractivity contribution in [1.82, 2.24) is 31.0 Å². The quantitative estimate of drug-likeness (QED) is 0.0581. The minimum Gasteiger partial charge on any atom is -0.351 e. The number of aromatic nitrogens is 2. The van der Waals surface area contributed by atoms with E-state index in [2.05, 4.69) is 39.0 Å². The summed E-state index contributed by atoms with van der Waals surface area (Å²) in [6, 6.07) is 14.8. The number of amides is 4. The van der Waals surface area contributed by atoms with Crippen LogP contribution in [0.25, 0.3) is 16.9 Å². The van der Waals surface area contributed by atoms with E-state index in [0.29, 0.717) is 24.3 Å². The number of nitrogens with two attached hydrogens (primary N) is 2. The van der Waals surface area contributed by atoms with E-state index < -0.39 is 33.8 Å². The van der Waals surface area contributed by atoms with Crippen LogP contribution in [-0.2, 0) is 29.2 Å². The molecule has 0 spiro atoms. The van der Waals surface area contributed by atoms with Crippen LogP contribution >= 0.6 is 12.6 Å². The molecule has 0 saturated heterocycles. The van der Waals surface area contributed by atoms with E-state index in [1.807, 2.05) is 31.2 Å². The zero-order chi connectivity index (χ0) is 38.1. The van der Waals surface area contributed by atoms with E-state index in [4.69, 9.17) is 10.9 Å². The molecule has 1 unspecified atom stereocenters. The number of ketones is 1. The van der Waals surface area contributed by atoms with Crippen LogP contribution in [0.2, 0.25) is 0 Å². The molecule has 1 atom stereocenters. The first-order chi connectivity index (χ1) is 24.8. The molecule has 0 aliphatic rings. The number of benzene rings is 2. The van der Waals surface area contributed by atoms with E-state index in [1.165, 1.54) is 12.1 Å². The molecule has 17 heteroatoms. The minimum absolute atomic E-state index is 0.0214. The lowest BCUT2D eigenvalue weighted by atomic mass is 10.0. The Hall–Kier alpha value is -4.58. The van der Waals surface area contributed by atoms with E-state index in [0.717, 1.165) is 56.1 Å². The van der Waals surface area contributed by atoms with Crippen molar-refractivity contribution >= 4 is 52.1 Å². The smallest absolute Gasteiger partial charge is 0.271 e.